The first-order valence-corrected chi connectivity index (χ1v) is 5.54. The van der Waals surface area contributed by atoms with E-state index >= 15 is 0 Å². The SMILES string of the molecule is CCCCCCCCNC(=S)[S-].[Na+]. The maximum absolute atomic E-state index is 4.72. The zero-order valence-corrected chi connectivity index (χ0v) is 12.4. The van der Waals surface area contributed by atoms with E-state index in [0.717, 1.165) is 6.54 Å². The molecule has 0 aromatic heterocycles. The molecule has 0 saturated heterocycles. The van der Waals surface area contributed by atoms with Gasteiger partial charge in [0.2, 0.25) is 0 Å². The van der Waals surface area contributed by atoms with E-state index in [9.17, 15) is 0 Å². The average Bonchev–Trinajstić information content (AvgIpc) is 2.02. The summed E-state index contributed by atoms with van der Waals surface area (Å²) in [6.45, 7) is 3.19. The third-order valence-electron chi connectivity index (χ3n) is 1.80. The summed E-state index contributed by atoms with van der Waals surface area (Å²) in [5.41, 5.74) is 0. The number of thiocarbonyl (C=S) groups is 1. The molecule has 0 fully saturated rings. The number of rotatable bonds is 7. The zero-order chi connectivity index (χ0) is 9.23. The van der Waals surface area contributed by atoms with E-state index in [4.69, 9.17) is 24.8 Å². The maximum Gasteiger partial charge on any atom is 1.00 e. The molecule has 72 valence electrons. The second-order valence-electron chi connectivity index (χ2n) is 2.98. The molecule has 0 unspecified atom stereocenters. The van der Waals surface area contributed by atoms with E-state index in [1.165, 1.54) is 38.5 Å². The number of hydrogen-bond acceptors (Lipinski definition) is 2. The summed E-state index contributed by atoms with van der Waals surface area (Å²) < 4.78 is 0.503. The minimum absolute atomic E-state index is 0. The molecule has 1 N–H and O–H groups in total. The average molecular weight is 227 g/mol. The van der Waals surface area contributed by atoms with Gasteiger partial charge in [-0.05, 0) is 6.42 Å². The van der Waals surface area contributed by atoms with Crippen LogP contribution in [0.15, 0.2) is 0 Å². The smallest absolute Gasteiger partial charge is 0.412 e. The predicted octanol–water partition coefficient (Wildman–Crippen LogP) is -0.228. The second-order valence-corrected chi connectivity index (χ2v) is 4.06. The monoisotopic (exact) mass is 227 g/mol. The molecule has 0 radical (unpaired) electrons. The number of hydrogen-bond donors (Lipinski definition) is 1. The number of unbranched alkanes of at least 4 members (excludes halogenated alkanes) is 5. The second kappa shape index (κ2) is 13.1. The van der Waals surface area contributed by atoms with Gasteiger partial charge in [-0.1, -0.05) is 43.3 Å². The summed E-state index contributed by atoms with van der Waals surface area (Å²) in [6.07, 6.45) is 7.89. The largest absolute Gasteiger partial charge is 1.00 e. The van der Waals surface area contributed by atoms with E-state index in [0.29, 0.717) is 4.32 Å². The Labute approximate surface area is 115 Å². The Hall–Kier alpha value is 1.11. The molecule has 0 spiro atoms. The van der Waals surface area contributed by atoms with Crippen LogP contribution in [0.25, 0.3) is 0 Å². The Morgan fingerprint density at radius 3 is 2.23 bits per heavy atom. The molecule has 0 saturated carbocycles. The quantitative estimate of drug-likeness (QED) is 0.279. The first-order chi connectivity index (χ1) is 5.77. The molecule has 0 atom stereocenters. The predicted molar refractivity (Wildman–Crippen MR) is 61.3 cm³/mol. The molecule has 0 aliphatic carbocycles. The Morgan fingerprint density at radius 2 is 1.69 bits per heavy atom. The normalized spacial score (nSPS) is 9.00. The van der Waals surface area contributed by atoms with Crippen molar-refractivity contribution in [3.8, 4) is 0 Å². The minimum Gasteiger partial charge on any atom is -0.412 e. The molecule has 0 aromatic rings. The molecule has 4 heteroatoms. The molecule has 0 aromatic carbocycles. The van der Waals surface area contributed by atoms with Crippen LogP contribution in [-0.2, 0) is 12.6 Å². The van der Waals surface area contributed by atoms with Gasteiger partial charge in [-0.2, -0.15) is 0 Å². The van der Waals surface area contributed by atoms with Gasteiger partial charge in [0.05, 0.1) is 0 Å². The third-order valence-corrected chi connectivity index (χ3v) is 2.09. The van der Waals surface area contributed by atoms with Gasteiger partial charge in [0.1, 0.15) is 0 Å². The van der Waals surface area contributed by atoms with Crippen LogP contribution in [0.4, 0.5) is 0 Å². The molecule has 0 heterocycles. The summed E-state index contributed by atoms with van der Waals surface area (Å²) >= 11 is 9.44. The van der Waals surface area contributed by atoms with E-state index in [2.05, 4.69) is 12.2 Å². The van der Waals surface area contributed by atoms with Crippen LogP contribution in [0.3, 0.4) is 0 Å². The van der Waals surface area contributed by atoms with E-state index in [1.54, 1.807) is 0 Å². The Morgan fingerprint density at radius 1 is 1.15 bits per heavy atom. The Kier molecular flexibility index (Phi) is 16.7. The fourth-order valence-corrected chi connectivity index (χ4v) is 1.30. The first kappa shape index (κ1) is 16.5. The van der Waals surface area contributed by atoms with E-state index in [-0.39, 0.29) is 29.6 Å². The molecular weight excluding hydrogens is 209 g/mol. The Bertz CT molecular complexity index is 120. The standard InChI is InChI=1S/C9H19NS2.Na/c1-2-3-4-5-6-7-8-10-9(11)12;/h2-8H2,1H3,(H2,10,11,12);/q;+1/p-1. The van der Waals surface area contributed by atoms with Gasteiger partial charge >= 0.3 is 29.6 Å². The van der Waals surface area contributed by atoms with Crippen molar-refractivity contribution in [1.29, 1.82) is 0 Å². The summed E-state index contributed by atoms with van der Waals surface area (Å²) in [7, 11) is 0. The van der Waals surface area contributed by atoms with E-state index in [1.807, 2.05) is 0 Å². The van der Waals surface area contributed by atoms with Crippen molar-refractivity contribution in [2.24, 2.45) is 0 Å². The first-order valence-electron chi connectivity index (χ1n) is 4.72. The van der Waals surface area contributed by atoms with Gasteiger partial charge in [0, 0.05) is 6.54 Å². The van der Waals surface area contributed by atoms with Crippen molar-refractivity contribution in [3.05, 3.63) is 0 Å². The van der Waals surface area contributed by atoms with Crippen LogP contribution >= 0.6 is 12.2 Å². The van der Waals surface area contributed by atoms with Crippen LogP contribution < -0.4 is 34.9 Å². The summed E-state index contributed by atoms with van der Waals surface area (Å²) in [5.74, 6) is 0. The van der Waals surface area contributed by atoms with Crippen molar-refractivity contribution in [1.82, 2.24) is 5.32 Å². The van der Waals surface area contributed by atoms with Gasteiger partial charge in [0.25, 0.3) is 0 Å². The van der Waals surface area contributed by atoms with Crippen LogP contribution in [0.1, 0.15) is 45.4 Å². The van der Waals surface area contributed by atoms with Crippen LogP contribution in [0.2, 0.25) is 0 Å². The van der Waals surface area contributed by atoms with Crippen LogP contribution in [0, 0.1) is 0 Å². The third kappa shape index (κ3) is 15.8. The van der Waals surface area contributed by atoms with Crippen molar-refractivity contribution in [3.63, 3.8) is 0 Å². The summed E-state index contributed by atoms with van der Waals surface area (Å²) in [4.78, 5) is 0. The fourth-order valence-electron chi connectivity index (χ4n) is 1.10. The van der Waals surface area contributed by atoms with Crippen LogP contribution in [-0.4, -0.2) is 10.9 Å². The van der Waals surface area contributed by atoms with Gasteiger partial charge in [-0.25, -0.2) is 0 Å². The van der Waals surface area contributed by atoms with E-state index < -0.39 is 0 Å². The molecule has 0 rings (SSSR count). The molecular formula is C9H18NNaS2. The van der Waals surface area contributed by atoms with Crippen LogP contribution in [0.5, 0.6) is 0 Å². The molecule has 0 aliphatic heterocycles. The maximum atomic E-state index is 4.72. The van der Waals surface area contributed by atoms with Crippen molar-refractivity contribution in [2.45, 2.75) is 45.4 Å². The zero-order valence-electron chi connectivity index (χ0n) is 8.77. The van der Waals surface area contributed by atoms with Gasteiger partial charge in [-0.15, -0.1) is 0 Å². The topological polar surface area (TPSA) is 12.0 Å². The molecule has 0 amide bonds. The van der Waals surface area contributed by atoms with Gasteiger partial charge in [-0.3, -0.25) is 0 Å². The Balaban J connectivity index is 0. The molecule has 13 heavy (non-hydrogen) atoms. The molecule has 1 nitrogen and oxygen atoms in total. The number of nitrogens with one attached hydrogen (secondary N) is 1. The van der Waals surface area contributed by atoms with Crippen molar-refractivity contribution < 1.29 is 29.6 Å². The minimum atomic E-state index is 0. The van der Waals surface area contributed by atoms with Crippen molar-refractivity contribution in [2.75, 3.05) is 6.54 Å². The summed E-state index contributed by atoms with van der Waals surface area (Å²) in [5, 5.41) is 2.98. The molecule has 0 aliphatic rings. The summed E-state index contributed by atoms with van der Waals surface area (Å²) in [6, 6.07) is 0. The van der Waals surface area contributed by atoms with Crippen molar-refractivity contribution >= 4 is 29.2 Å². The van der Waals surface area contributed by atoms with Gasteiger partial charge < -0.3 is 30.2 Å². The van der Waals surface area contributed by atoms with Gasteiger partial charge in [0.15, 0.2) is 0 Å². The molecule has 0 bridgehead atoms. The fraction of sp³-hybridized carbons (Fsp3) is 0.889.